The van der Waals surface area contributed by atoms with E-state index in [1.165, 1.54) is 6.07 Å². The summed E-state index contributed by atoms with van der Waals surface area (Å²) in [6.45, 7) is 0.369. The third kappa shape index (κ3) is 3.36. The highest BCUT2D eigenvalue weighted by molar-refractivity contribution is 7.86. The number of nitrogen functional groups attached to an aromatic ring is 1. The molecule has 0 unspecified atom stereocenters. The van der Waals surface area contributed by atoms with Crippen molar-refractivity contribution in [3.8, 4) is 0 Å². The van der Waals surface area contributed by atoms with Crippen LogP contribution in [0, 0.1) is 0 Å². The number of carbonyl (C=O) groups excluding carboxylic acids is 2. The van der Waals surface area contributed by atoms with E-state index in [0.29, 0.717) is 13.0 Å². The predicted molar refractivity (Wildman–Crippen MR) is 113 cm³/mol. The lowest BCUT2D eigenvalue weighted by molar-refractivity contribution is 0.0980. The first-order chi connectivity index (χ1) is 14.3. The van der Waals surface area contributed by atoms with Gasteiger partial charge in [-0.3, -0.25) is 14.1 Å². The summed E-state index contributed by atoms with van der Waals surface area (Å²) in [6.07, 6.45) is 0.597. The van der Waals surface area contributed by atoms with Crippen molar-refractivity contribution in [1.82, 2.24) is 0 Å². The molecule has 0 atom stereocenters. The van der Waals surface area contributed by atoms with E-state index < -0.39 is 32.3 Å². The first-order valence-corrected chi connectivity index (χ1v) is 10.6. The minimum Gasteiger partial charge on any atom is -0.397 e. The molecule has 0 saturated heterocycles. The Kier molecular flexibility index (Phi) is 4.89. The quantitative estimate of drug-likeness (QED) is 0.333. The summed E-state index contributed by atoms with van der Waals surface area (Å²) >= 11 is 0. The number of hydrogen-bond acceptors (Lipinski definition) is 6. The number of carbonyl (C=O) groups is 2. The van der Waals surface area contributed by atoms with Crippen molar-refractivity contribution < 1.29 is 22.6 Å². The van der Waals surface area contributed by atoms with Crippen LogP contribution in [0.25, 0.3) is 0 Å². The molecule has 0 aliphatic heterocycles. The zero-order valence-corrected chi connectivity index (χ0v) is 16.6. The second kappa shape index (κ2) is 7.40. The highest BCUT2D eigenvalue weighted by Gasteiger charge is 2.36. The fraction of sp³-hybridized carbons (Fsp3) is 0.0909. The van der Waals surface area contributed by atoms with Crippen LogP contribution in [0.5, 0.6) is 0 Å². The van der Waals surface area contributed by atoms with Crippen molar-refractivity contribution in [1.29, 1.82) is 0 Å². The Labute approximate surface area is 173 Å². The summed E-state index contributed by atoms with van der Waals surface area (Å²) in [4.78, 5) is 25.6. The Hall–Kier alpha value is -3.49. The van der Waals surface area contributed by atoms with E-state index in [0.717, 1.165) is 11.6 Å². The Morgan fingerprint density at radius 2 is 1.43 bits per heavy atom. The molecule has 4 rings (SSSR count). The van der Waals surface area contributed by atoms with Crippen LogP contribution in [0.15, 0.2) is 65.6 Å². The van der Waals surface area contributed by atoms with Gasteiger partial charge in [0.1, 0.15) is 4.90 Å². The van der Waals surface area contributed by atoms with Crippen LogP contribution in [-0.2, 0) is 16.5 Å². The molecule has 0 radical (unpaired) electrons. The lowest BCUT2D eigenvalue weighted by Crippen LogP contribution is -2.25. The largest absolute Gasteiger partial charge is 0.397 e. The maximum Gasteiger partial charge on any atom is 0.296 e. The molecule has 1 aliphatic carbocycles. The Morgan fingerprint density at radius 1 is 0.867 bits per heavy atom. The summed E-state index contributed by atoms with van der Waals surface area (Å²) in [5.41, 5.74) is 6.85. The summed E-state index contributed by atoms with van der Waals surface area (Å²) in [6, 6.07) is 17.0. The normalized spacial score (nSPS) is 13.0. The second-order valence-corrected chi connectivity index (χ2v) is 8.32. The Balaban J connectivity index is 1.83. The first-order valence-electron chi connectivity index (χ1n) is 9.19. The third-order valence-electron chi connectivity index (χ3n) is 5.05. The van der Waals surface area contributed by atoms with Crippen LogP contribution in [0.2, 0.25) is 0 Å². The number of fused-ring (bicyclic) bond motifs is 2. The van der Waals surface area contributed by atoms with Gasteiger partial charge in [-0.15, -0.1) is 0 Å². The van der Waals surface area contributed by atoms with Gasteiger partial charge >= 0.3 is 0 Å². The van der Waals surface area contributed by atoms with E-state index in [9.17, 15) is 22.6 Å². The number of nitrogens with one attached hydrogen (secondary N) is 1. The van der Waals surface area contributed by atoms with Gasteiger partial charge in [-0.25, -0.2) is 0 Å². The lowest BCUT2D eigenvalue weighted by atomic mass is 9.82. The first kappa shape index (κ1) is 19.8. The number of benzene rings is 3. The van der Waals surface area contributed by atoms with E-state index in [2.05, 4.69) is 5.32 Å². The average molecular weight is 422 g/mol. The zero-order valence-electron chi connectivity index (χ0n) is 15.8. The molecule has 152 valence electrons. The molecule has 8 heteroatoms. The molecule has 0 spiro atoms. The minimum atomic E-state index is -4.71. The van der Waals surface area contributed by atoms with E-state index in [4.69, 9.17) is 5.73 Å². The Bertz CT molecular complexity index is 1280. The van der Waals surface area contributed by atoms with Gasteiger partial charge in [0.25, 0.3) is 10.1 Å². The molecule has 1 aliphatic rings. The summed E-state index contributed by atoms with van der Waals surface area (Å²) in [5.74, 6) is -0.995. The molecule has 0 amide bonds. The molecule has 3 aromatic rings. The van der Waals surface area contributed by atoms with Gasteiger partial charge in [0, 0.05) is 23.4 Å². The molecule has 7 nitrogen and oxygen atoms in total. The second-order valence-electron chi connectivity index (χ2n) is 6.93. The summed E-state index contributed by atoms with van der Waals surface area (Å²) < 4.78 is 33.4. The average Bonchev–Trinajstić information content (AvgIpc) is 2.72. The van der Waals surface area contributed by atoms with Gasteiger partial charge in [-0.05, 0) is 18.1 Å². The van der Waals surface area contributed by atoms with Crippen LogP contribution in [0.3, 0.4) is 0 Å². The molecular formula is C22H18N2O5S. The van der Waals surface area contributed by atoms with Gasteiger partial charge in [0.05, 0.1) is 16.8 Å². The topological polar surface area (TPSA) is 127 Å². The van der Waals surface area contributed by atoms with E-state index >= 15 is 0 Å². The molecular weight excluding hydrogens is 404 g/mol. The highest BCUT2D eigenvalue weighted by Crippen LogP contribution is 2.39. The SMILES string of the molecule is Nc1c(S(=O)(=O)O)cc(NCCc2ccccc2)c2c1C(=O)c1ccccc1C2=O. The number of rotatable bonds is 5. The van der Waals surface area contributed by atoms with Gasteiger partial charge in [-0.1, -0.05) is 54.6 Å². The maximum atomic E-state index is 13.2. The van der Waals surface area contributed by atoms with Crippen molar-refractivity contribution in [3.05, 3.63) is 88.5 Å². The van der Waals surface area contributed by atoms with Crippen molar-refractivity contribution >= 4 is 33.1 Å². The maximum absolute atomic E-state index is 13.2. The molecule has 4 N–H and O–H groups in total. The monoisotopic (exact) mass is 422 g/mol. The number of ketones is 2. The van der Waals surface area contributed by atoms with Gasteiger partial charge in [0.15, 0.2) is 11.6 Å². The van der Waals surface area contributed by atoms with Crippen LogP contribution < -0.4 is 11.1 Å². The molecule has 0 aromatic heterocycles. The molecule has 30 heavy (non-hydrogen) atoms. The van der Waals surface area contributed by atoms with Crippen LogP contribution in [0.4, 0.5) is 11.4 Å². The molecule has 3 aromatic carbocycles. The van der Waals surface area contributed by atoms with Gasteiger partial charge in [0.2, 0.25) is 0 Å². The fourth-order valence-corrected chi connectivity index (χ4v) is 4.28. The molecule has 0 bridgehead atoms. The van der Waals surface area contributed by atoms with Gasteiger partial charge in [-0.2, -0.15) is 8.42 Å². The van der Waals surface area contributed by atoms with Crippen molar-refractivity contribution in [2.24, 2.45) is 0 Å². The van der Waals surface area contributed by atoms with Crippen LogP contribution in [0.1, 0.15) is 37.4 Å². The molecule has 0 saturated carbocycles. The molecule has 0 heterocycles. The van der Waals surface area contributed by atoms with E-state index in [-0.39, 0.29) is 27.9 Å². The number of anilines is 2. The number of nitrogens with two attached hydrogens (primary N) is 1. The lowest BCUT2D eigenvalue weighted by Gasteiger charge is -2.23. The summed E-state index contributed by atoms with van der Waals surface area (Å²) in [7, 11) is -4.71. The minimum absolute atomic E-state index is 0.0108. The van der Waals surface area contributed by atoms with Gasteiger partial charge < -0.3 is 11.1 Å². The van der Waals surface area contributed by atoms with Crippen molar-refractivity contribution in [2.75, 3.05) is 17.6 Å². The fourth-order valence-electron chi connectivity index (χ4n) is 3.63. The standard InChI is InChI=1S/C22H18N2O5S/c23-20-17(30(27,28)29)12-16(24-11-10-13-6-2-1-3-7-13)18-19(20)22(26)15-9-5-4-8-14(15)21(18)25/h1-9,12,24H,10-11,23H2,(H,27,28,29). The van der Waals surface area contributed by atoms with Crippen molar-refractivity contribution in [3.63, 3.8) is 0 Å². The summed E-state index contributed by atoms with van der Waals surface area (Å²) in [5, 5.41) is 3.04. The van der Waals surface area contributed by atoms with E-state index in [1.54, 1.807) is 18.2 Å². The third-order valence-corrected chi connectivity index (χ3v) is 5.94. The van der Waals surface area contributed by atoms with Crippen LogP contribution >= 0.6 is 0 Å². The molecule has 0 fully saturated rings. The van der Waals surface area contributed by atoms with E-state index in [1.807, 2.05) is 30.3 Å². The smallest absolute Gasteiger partial charge is 0.296 e. The highest BCUT2D eigenvalue weighted by atomic mass is 32.2. The zero-order chi connectivity index (χ0) is 21.5. The Morgan fingerprint density at radius 3 is 2.03 bits per heavy atom. The predicted octanol–water partition coefficient (Wildman–Crippen LogP) is 2.95. The number of hydrogen-bond donors (Lipinski definition) is 3. The van der Waals surface area contributed by atoms with Crippen LogP contribution in [-0.4, -0.2) is 31.1 Å². The van der Waals surface area contributed by atoms with Crippen molar-refractivity contribution in [2.45, 2.75) is 11.3 Å².